The van der Waals surface area contributed by atoms with E-state index in [1.54, 1.807) is 11.3 Å². The normalized spacial score (nSPS) is 9.89. The molecule has 4 heteroatoms. The summed E-state index contributed by atoms with van der Waals surface area (Å²) in [6.07, 6.45) is 1.81. The second kappa shape index (κ2) is 5.89. The van der Waals surface area contributed by atoms with Crippen molar-refractivity contribution < 1.29 is 0 Å². The molecule has 0 aliphatic carbocycles. The highest BCUT2D eigenvalue weighted by atomic mass is 32.1. The summed E-state index contributed by atoms with van der Waals surface area (Å²) in [4.78, 5) is 8.51. The summed E-state index contributed by atoms with van der Waals surface area (Å²) in [5.41, 5.74) is 2.25. The Kier molecular flexibility index (Phi) is 4.23. The molecule has 0 fully saturated rings. The van der Waals surface area contributed by atoms with Crippen molar-refractivity contribution in [2.75, 3.05) is 0 Å². The second-order valence-corrected chi connectivity index (χ2v) is 5.78. The van der Waals surface area contributed by atoms with Gasteiger partial charge in [-0.3, -0.25) is 4.98 Å². The van der Waals surface area contributed by atoms with Gasteiger partial charge in [0.2, 0.25) is 0 Å². The summed E-state index contributed by atoms with van der Waals surface area (Å²) < 4.78 is 0.875. The average Bonchev–Trinajstić information content (AvgIpc) is 2.67. The van der Waals surface area contributed by atoms with Crippen molar-refractivity contribution in [3.63, 3.8) is 0 Å². The molecular formula is C14H14N2S2. The number of pyridine rings is 1. The molecule has 0 saturated heterocycles. The third-order valence-corrected chi connectivity index (χ3v) is 3.83. The molecule has 2 heterocycles. The number of aromatic nitrogens is 2. The topological polar surface area (TPSA) is 28.7 Å². The van der Waals surface area contributed by atoms with Gasteiger partial charge in [-0.1, -0.05) is 24.3 Å². The van der Waals surface area contributed by atoms with Crippen LogP contribution in [0.4, 0.5) is 0 Å². The molecule has 0 aliphatic rings. The number of nitrogens with one attached hydrogen (secondary N) is 1. The van der Waals surface area contributed by atoms with Gasteiger partial charge in [0.15, 0.2) is 3.95 Å². The number of aromatic amines is 1. The van der Waals surface area contributed by atoms with Crippen LogP contribution in [0.3, 0.4) is 0 Å². The van der Waals surface area contributed by atoms with Gasteiger partial charge in [0, 0.05) is 22.2 Å². The largest absolute Gasteiger partial charge is 0.341 e. The van der Waals surface area contributed by atoms with Gasteiger partial charge in [-0.05, 0) is 38.2 Å². The van der Waals surface area contributed by atoms with Crippen LogP contribution in [-0.2, 0) is 0 Å². The van der Waals surface area contributed by atoms with Crippen molar-refractivity contribution in [3.8, 4) is 0 Å². The molecule has 18 heavy (non-hydrogen) atoms. The van der Waals surface area contributed by atoms with E-state index in [4.69, 9.17) is 12.2 Å². The van der Waals surface area contributed by atoms with Gasteiger partial charge in [0.1, 0.15) is 0 Å². The van der Waals surface area contributed by atoms with Crippen LogP contribution in [0.2, 0.25) is 0 Å². The Morgan fingerprint density at radius 3 is 2.39 bits per heavy atom. The Balaban J connectivity index is 0.000000138. The van der Waals surface area contributed by atoms with Crippen LogP contribution in [-0.4, -0.2) is 9.97 Å². The quantitative estimate of drug-likeness (QED) is 0.604. The molecule has 1 N–H and O–H groups in total. The monoisotopic (exact) mass is 274 g/mol. The first kappa shape index (κ1) is 12.9. The van der Waals surface area contributed by atoms with Gasteiger partial charge in [-0.25, -0.2) is 0 Å². The molecule has 3 aromatic rings. The van der Waals surface area contributed by atoms with Crippen LogP contribution < -0.4 is 0 Å². The van der Waals surface area contributed by atoms with Gasteiger partial charge in [0.05, 0.1) is 5.52 Å². The fourth-order valence-electron chi connectivity index (χ4n) is 1.50. The second-order valence-electron chi connectivity index (χ2n) is 3.89. The van der Waals surface area contributed by atoms with Gasteiger partial charge in [-0.15, -0.1) is 11.3 Å². The Labute approximate surface area is 115 Å². The molecule has 0 aliphatic heterocycles. The summed E-state index contributed by atoms with van der Waals surface area (Å²) in [5, 5.41) is 1.20. The Morgan fingerprint density at radius 1 is 1.11 bits per heavy atom. The molecule has 0 atom stereocenters. The molecule has 0 amide bonds. The number of aryl methyl sites for hydroxylation is 2. The Hall–Kier alpha value is -1.52. The van der Waals surface area contributed by atoms with Crippen molar-refractivity contribution >= 4 is 34.5 Å². The first-order valence-corrected chi connectivity index (χ1v) is 6.85. The number of nitrogens with zero attached hydrogens (tertiary/aromatic N) is 1. The zero-order valence-electron chi connectivity index (χ0n) is 10.3. The van der Waals surface area contributed by atoms with Crippen LogP contribution >= 0.6 is 23.6 Å². The number of H-pyrrole nitrogens is 1. The van der Waals surface area contributed by atoms with Gasteiger partial charge in [-0.2, -0.15) is 0 Å². The van der Waals surface area contributed by atoms with E-state index in [0.29, 0.717) is 0 Å². The van der Waals surface area contributed by atoms with Crippen LogP contribution in [0.1, 0.15) is 10.6 Å². The van der Waals surface area contributed by atoms with E-state index in [-0.39, 0.29) is 0 Å². The summed E-state index contributed by atoms with van der Waals surface area (Å²) in [6, 6.07) is 12.1. The summed E-state index contributed by atoms with van der Waals surface area (Å²) >= 11 is 6.51. The van der Waals surface area contributed by atoms with E-state index in [2.05, 4.69) is 29.0 Å². The van der Waals surface area contributed by atoms with Gasteiger partial charge >= 0.3 is 0 Å². The maximum atomic E-state index is 4.88. The zero-order valence-corrected chi connectivity index (χ0v) is 11.9. The summed E-state index contributed by atoms with van der Waals surface area (Å²) in [5.74, 6) is 0. The highest BCUT2D eigenvalue weighted by molar-refractivity contribution is 7.73. The molecule has 2 nitrogen and oxygen atoms in total. The van der Waals surface area contributed by atoms with E-state index in [0.717, 1.165) is 9.47 Å². The molecule has 0 spiro atoms. The number of benzene rings is 1. The standard InChI is InChI=1S/C9H7N.C5H7NS2/c1-2-6-9-8(4-1)5-3-7-10-9;1-3-4(2)8-5(7)6-3/h1-7H;1-2H3,(H,6,7). The lowest BCUT2D eigenvalue weighted by molar-refractivity contribution is 1.22. The predicted octanol–water partition coefficient (Wildman–Crippen LogP) is 4.66. The van der Waals surface area contributed by atoms with E-state index >= 15 is 0 Å². The average molecular weight is 274 g/mol. The molecule has 2 aromatic heterocycles. The van der Waals surface area contributed by atoms with Crippen LogP contribution in [0.15, 0.2) is 42.6 Å². The SMILES string of the molecule is Cc1[nH]c(=S)sc1C.c1ccc2ncccc2c1. The first-order chi connectivity index (χ1) is 8.66. The zero-order chi connectivity index (χ0) is 13.0. The fraction of sp³-hybridized carbons (Fsp3) is 0.143. The molecule has 1 aromatic carbocycles. The summed E-state index contributed by atoms with van der Waals surface area (Å²) in [6.45, 7) is 4.09. The molecule has 3 rings (SSSR count). The van der Waals surface area contributed by atoms with Gasteiger partial charge in [0.25, 0.3) is 0 Å². The van der Waals surface area contributed by atoms with Crippen molar-refractivity contribution in [2.24, 2.45) is 0 Å². The van der Waals surface area contributed by atoms with Crippen molar-refractivity contribution in [3.05, 3.63) is 57.1 Å². The number of hydrogen-bond donors (Lipinski definition) is 1. The molecule has 92 valence electrons. The van der Waals surface area contributed by atoms with E-state index in [9.17, 15) is 0 Å². The minimum Gasteiger partial charge on any atom is -0.341 e. The minimum absolute atomic E-state index is 0.875. The van der Waals surface area contributed by atoms with E-state index in [1.807, 2.05) is 37.4 Å². The predicted molar refractivity (Wildman–Crippen MR) is 80.7 cm³/mol. The highest BCUT2D eigenvalue weighted by Crippen LogP contribution is 2.11. The smallest absolute Gasteiger partial charge is 0.158 e. The number of rotatable bonds is 0. The van der Waals surface area contributed by atoms with Crippen molar-refractivity contribution in [1.82, 2.24) is 9.97 Å². The lowest BCUT2D eigenvalue weighted by Crippen LogP contribution is -1.73. The van der Waals surface area contributed by atoms with Crippen molar-refractivity contribution in [1.29, 1.82) is 0 Å². The van der Waals surface area contributed by atoms with Crippen LogP contribution in [0.5, 0.6) is 0 Å². The Morgan fingerprint density at radius 2 is 1.83 bits per heavy atom. The molecule has 0 bridgehead atoms. The highest BCUT2D eigenvalue weighted by Gasteiger charge is 1.91. The molecule has 0 unspecified atom stereocenters. The fourth-order valence-corrected chi connectivity index (χ4v) is 2.71. The lowest BCUT2D eigenvalue weighted by atomic mass is 10.2. The van der Waals surface area contributed by atoms with E-state index in [1.165, 1.54) is 16.0 Å². The number of thiazole rings is 1. The first-order valence-electron chi connectivity index (χ1n) is 5.63. The maximum absolute atomic E-state index is 4.88. The minimum atomic E-state index is 0.875. The third-order valence-electron chi connectivity index (χ3n) is 2.58. The van der Waals surface area contributed by atoms with Crippen molar-refractivity contribution in [2.45, 2.75) is 13.8 Å². The number of hydrogen-bond acceptors (Lipinski definition) is 3. The van der Waals surface area contributed by atoms with E-state index < -0.39 is 0 Å². The van der Waals surface area contributed by atoms with Gasteiger partial charge < -0.3 is 4.98 Å². The maximum Gasteiger partial charge on any atom is 0.158 e. The number of para-hydroxylation sites is 1. The Bertz CT molecular complexity index is 610. The number of fused-ring (bicyclic) bond motifs is 1. The molecular weight excluding hydrogens is 260 g/mol. The third kappa shape index (κ3) is 3.24. The van der Waals surface area contributed by atoms with Crippen LogP contribution in [0.25, 0.3) is 10.9 Å². The lowest BCUT2D eigenvalue weighted by Gasteiger charge is -1.91. The van der Waals surface area contributed by atoms with Crippen LogP contribution in [0, 0.1) is 17.8 Å². The molecule has 0 saturated carbocycles. The summed E-state index contributed by atoms with van der Waals surface area (Å²) in [7, 11) is 0. The molecule has 0 radical (unpaired) electrons.